The average molecular weight is 466 g/mol. The van der Waals surface area contributed by atoms with Gasteiger partial charge in [0.25, 0.3) is 0 Å². The number of phenols is 1. The van der Waals surface area contributed by atoms with Crippen molar-refractivity contribution in [2.75, 3.05) is 20.1 Å². The van der Waals surface area contributed by atoms with E-state index in [-0.39, 0.29) is 29.4 Å². The summed E-state index contributed by atoms with van der Waals surface area (Å²) >= 11 is 0. The van der Waals surface area contributed by atoms with Crippen molar-refractivity contribution >= 4 is 15.7 Å². The topological polar surface area (TPSA) is 126 Å². The van der Waals surface area contributed by atoms with Crippen LogP contribution < -0.4 is 20.9 Å². The molecule has 3 rings (SSSR count). The Bertz CT molecular complexity index is 1210. The van der Waals surface area contributed by atoms with Crippen LogP contribution in [0.1, 0.15) is 5.56 Å². The van der Waals surface area contributed by atoms with Crippen molar-refractivity contribution in [1.82, 2.24) is 20.9 Å². The summed E-state index contributed by atoms with van der Waals surface area (Å²) in [6.45, 7) is 0.408. The van der Waals surface area contributed by atoms with Gasteiger partial charge < -0.3 is 15.8 Å². The van der Waals surface area contributed by atoms with Gasteiger partial charge >= 0.3 is 0 Å². The van der Waals surface area contributed by atoms with E-state index in [1.165, 1.54) is 12.1 Å². The molecule has 9 heteroatoms. The van der Waals surface area contributed by atoms with Gasteiger partial charge in [0.05, 0.1) is 10.6 Å². The van der Waals surface area contributed by atoms with E-state index in [2.05, 4.69) is 20.9 Å². The molecule has 6 N–H and O–H groups in total. The first-order chi connectivity index (χ1) is 15.9. The van der Waals surface area contributed by atoms with Crippen LogP contribution in [0.5, 0.6) is 5.75 Å². The van der Waals surface area contributed by atoms with Crippen LogP contribution >= 0.6 is 0 Å². The highest BCUT2D eigenvalue weighted by atomic mass is 32.2. The number of hydrogen-bond acceptors (Lipinski definition) is 7. The molecule has 0 saturated carbocycles. The SMILES string of the molecule is CNN/C(=C\C(=N)c1ccccc1O)NCCNS(=O)(=O)c1ccc(-c2ccccc2)cc1. The quantitative estimate of drug-likeness (QED) is 0.147. The fourth-order valence-corrected chi connectivity index (χ4v) is 4.14. The first kappa shape index (κ1) is 24.0. The summed E-state index contributed by atoms with van der Waals surface area (Å²) in [4.78, 5) is 0.188. The normalized spacial score (nSPS) is 11.7. The van der Waals surface area contributed by atoms with Crippen LogP contribution in [0.15, 0.2) is 95.7 Å². The number of para-hydroxylation sites is 1. The number of nitrogens with one attached hydrogen (secondary N) is 5. The Balaban J connectivity index is 1.57. The molecule has 0 saturated heterocycles. The molecule has 0 fully saturated rings. The Morgan fingerprint density at radius 2 is 1.55 bits per heavy atom. The number of rotatable bonds is 11. The second-order valence-electron chi connectivity index (χ2n) is 7.08. The predicted molar refractivity (Wildman–Crippen MR) is 130 cm³/mol. The molecule has 0 heterocycles. The van der Waals surface area contributed by atoms with E-state index in [4.69, 9.17) is 5.41 Å². The molecule has 0 aliphatic rings. The van der Waals surface area contributed by atoms with E-state index in [1.54, 1.807) is 49.5 Å². The number of phenolic OH excluding ortho intramolecular Hbond substituents is 1. The fraction of sp³-hybridized carbons (Fsp3) is 0.125. The summed E-state index contributed by atoms with van der Waals surface area (Å²) in [5, 5.41) is 21.1. The number of hydrogen-bond donors (Lipinski definition) is 6. The van der Waals surface area contributed by atoms with Crippen molar-refractivity contribution in [2.24, 2.45) is 0 Å². The minimum Gasteiger partial charge on any atom is -0.507 e. The lowest BCUT2D eigenvalue weighted by atomic mass is 10.1. The fourth-order valence-electron chi connectivity index (χ4n) is 3.11. The number of allylic oxidation sites excluding steroid dienone is 1. The Morgan fingerprint density at radius 1 is 0.909 bits per heavy atom. The zero-order valence-corrected chi connectivity index (χ0v) is 19.0. The summed E-state index contributed by atoms with van der Waals surface area (Å²) in [5.41, 5.74) is 8.05. The Hall–Kier alpha value is -3.66. The lowest BCUT2D eigenvalue weighted by Gasteiger charge is -2.14. The molecule has 33 heavy (non-hydrogen) atoms. The van der Waals surface area contributed by atoms with E-state index in [0.29, 0.717) is 11.4 Å². The maximum absolute atomic E-state index is 12.6. The summed E-state index contributed by atoms with van der Waals surface area (Å²) in [5.74, 6) is 0.464. The zero-order valence-electron chi connectivity index (χ0n) is 18.2. The van der Waals surface area contributed by atoms with Gasteiger partial charge in [-0.2, -0.15) is 0 Å². The molecular weight excluding hydrogens is 438 g/mol. The average Bonchev–Trinajstić information content (AvgIpc) is 2.83. The molecule has 3 aromatic rings. The molecule has 0 spiro atoms. The molecule has 0 aromatic heterocycles. The highest BCUT2D eigenvalue weighted by Gasteiger charge is 2.13. The van der Waals surface area contributed by atoms with Crippen molar-refractivity contribution in [3.05, 3.63) is 96.3 Å². The van der Waals surface area contributed by atoms with E-state index in [0.717, 1.165) is 11.1 Å². The monoisotopic (exact) mass is 465 g/mol. The van der Waals surface area contributed by atoms with Crippen molar-refractivity contribution in [2.45, 2.75) is 4.90 Å². The third kappa shape index (κ3) is 6.66. The maximum Gasteiger partial charge on any atom is 0.240 e. The molecule has 0 aliphatic heterocycles. The molecule has 0 atom stereocenters. The first-order valence-electron chi connectivity index (χ1n) is 10.3. The van der Waals surface area contributed by atoms with Crippen LogP contribution in [0.2, 0.25) is 0 Å². The summed E-state index contributed by atoms with van der Waals surface area (Å²) in [6, 6.07) is 23.0. The number of hydrazine groups is 1. The smallest absolute Gasteiger partial charge is 0.240 e. The Morgan fingerprint density at radius 3 is 2.21 bits per heavy atom. The van der Waals surface area contributed by atoms with Crippen LogP contribution in [-0.4, -0.2) is 39.4 Å². The van der Waals surface area contributed by atoms with Crippen LogP contribution in [0, 0.1) is 5.41 Å². The predicted octanol–water partition coefficient (Wildman–Crippen LogP) is 2.56. The number of aromatic hydroxyl groups is 1. The van der Waals surface area contributed by atoms with Crippen molar-refractivity contribution < 1.29 is 13.5 Å². The minimum absolute atomic E-state index is 0.00796. The van der Waals surface area contributed by atoms with E-state index >= 15 is 0 Å². The van der Waals surface area contributed by atoms with Crippen molar-refractivity contribution in [3.8, 4) is 16.9 Å². The van der Waals surface area contributed by atoms with Gasteiger partial charge in [0, 0.05) is 31.8 Å². The van der Waals surface area contributed by atoms with Crippen LogP contribution in [0.25, 0.3) is 11.1 Å². The van der Waals surface area contributed by atoms with Gasteiger partial charge in [-0.25, -0.2) is 18.6 Å². The van der Waals surface area contributed by atoms with Crippen LogP contribution in [0.4, 0.5) is 0 Å². The lowest BCUT2D eigenvalue weighted by Crippen LogP contribution is -2.39. The molecular formula is C24H27N5O3S. The van der Waals surface area contributed by atoms with Gasteiger partial charge in [-0.05, 0) is 35.4 Å². The Kier molecular flexibility index (Phi) is 8.20. The molecule has 0 unspecified atom stereocenters. The molecule has 172 valence electrons. The first-order valence-corrected chi connectivity index (χ1v) is 11.8. The second-order valence-corrected chi connectivity index (χ2v) is 8.85. The number of benzene rings is 3. The van der Waals surface area contributed by atoms with Crippen molar-refractivity contribution in [3.63, 3.8) is 0 Å². The van der Waals surface area contributed by atoms with Gasteiger partial charge in [0.15, 0.2) is 0 Å². The maximum atomic E-state index is 12.6. The third-order valence-corrected chi connectivity index (χ3v) is 6.22. The van der Waals surface area contributed by atoms with Crippen LogP contribution in [-0.2, 0) is 10.0 Å². The third-order valence-electron chi connectivity index (χ3n) is 4.75. The lowest BCUT2D eigenvalue weighted by molar-refractivity contribution is 0.474. The largest absolute Gasteiger partial charge is 0.507 e. The molecule has 0 radical (unpaired) electrons. The van der Waals surface area contributed by atoms with Gasteiger partial charge in [-0.1, -0.05) is 54.6 Å². The molecule has 0 amide bonds. The summed E-state index contributed by atoms with van der Waals surface area (Å²) < 4.78 is 27.8. The summed E-state index contributed by atoms with van der Waals surface area (Å²) in [6.07, 6.45) is 1.50. The minimum atomic E-state index is -3.66. The second kappa shape index (κ2) is 11.3. The van der Waals surface area contributed by atoms with Gasteiger partial charge in [-0.15, -0.1) is 0 Å². The number of sulfonamides is 1. The Labute approximate surface area is 193 Å². The standard InChI is InChI=1S/C24H27N5O3S/c1-26-29-24(17-22(25)21-9-5-6-10-23(21)30)27-15-16-28-33(31,32)20-13-11-19(12-14-20)18-7-3-2-4-8-18/h2-14,17,25-30H,15-16H2,1H3/b24-17-,25-22?. The van der Waals surface area contributed by atoms with Gasteiger partial charge in [-0.3, -0.25) is 5.41 Å². The molecule has 0 bridgehead atoms. The van der Waals surface area contributed by atoms with Gasteiger partial charge in [0.2, 0.25) is 10.0 Å². The molecule has 3 aromatic carbocycles. The molecule has 8 nitrogen and oxygen atoms in total. The van der Waals surface area contributed by atoms with Gasteiger partial charge in [0.1, 0.15) is 11.6 Å². The highest BCUT2D eigenvalue weighted by Crippen LogP contribution is 2.21. The van der Waals surface area contributed by atoms with E-state index < -0.39 is 10.0 Å². The van der Waals surface area contributed by atoms with E-state index in [1.807, 2.05) is 30.3 Å². The zero-order chi connectivity index (χ0) is 23.7. The molecule has 0 aliphatic carbocycles. The highest BCUT2D eigenvalue weighted by molar-refractivity contribution is 7.89. The van der Waals surface area contributed by atoms with Crippen molar-refractivity contribution in [1.29, 1.82) is 5.41 Å². The van der Waals surface area contributed by atoms with Crippen LogP contribution in [0.3, 0.4) is 0 Å². The summed E-state index contributed by atoms with van der Waals surface area (Å²) in [7, 11) is -1.99. The van der Waals surface area contributed by atoms with E-state index in [9.17, 15) is 13.5 Å².